The number of piperidine rings is 1. The van der Waals surface area contributed by atoms with E-state index in [0.717, 1.165) is 22.9 Å². The number of ether oxygens (including phenoxy) is 1. The Balaban J connectivity index is 1.37. The second-order valence-corrected chi connectivity index (χ2v) is 7.52. The Bertz CT molecular complexity index is 711. The van der Waals surface area contributed by atoms with Crippen molar-refractivity contribution in [3.8, 4) is 0 Å². The summed E-state index contributed by atoms with van der Waals surface area (Å²) in [6.45, 7) is 2.18. The molecule has 1 aliphatic heterocycles. The average Bonchev–Trinajstić information content (AvgIpc) is 3.30. The zero-order chi connectivity index (χ0) is 17.6. The smallest absolute Gasteiger partial charge is 0.410 e. The predicted octanol–water partition coefficient (Wildman–Crippen LogP) is 3.01. The summed E-state index contributed by atoms with van der Waals surface area (Å²) in [6.07, 6.45) is 4.49. The number of aromatic amines is 1. The fourth-order valence-corrected chi connectivity index (χ4v) is 4.08. The summed E-state index contributed by atoms with van der Waals surface area (Å²) >= 11 is 5.00. The van der Waals surface area contributed by atoms with Gasteiger partial charge in [0.2, 0.25) is 0 Å². The molecule has 0 aromatic carbocycles. The predicted molar refractivity (Wildman–Crippen MR) is 97.4 cm³/mol. The van der Waals surface area contributed by atoms with Gasteiger partial charge >= 0.3 is 6.09 Å². The van der Waals surface area contributed by atoms with Crippen molar-refractivity contribution in [2.75, 3.05) is 19.6 Å². The normalized spacial score (nSPS) is 15.2. The quantitative estimate of drug-likeness (QED) is 0.768. The summed E-state index contributed by atoms with van der Waals surface area (Å²) in [5.74, 6) is 0.239. The van der Waals surface area contributed by atoms with Crippen LogP contribution >= 0.6 is 27.3 Å². The van der Waals surface area contributed by atoms with Gasteiger partial charge < -0.3 is 15.0 Å². The summed E-state index contributed by atoms with van der Waals surface area (Å²) in [5, 5.41) is 13.2. The van der Waals surface area contributed by atoms with Crippen LogP contribution in [0, 0.1) is 5.92 Å². The van der Waals surface area contributed by atoms with Crippen molar-refractivity contribution >= 4 is 39.3 Å². The van der Waals surface area contributed by atoms with Gasteiger partial charge in [-0.25, -0.2) is 4.79 Å². The molecule has 2 aromatic heterocycles. The van der Waals surface area contributed by atoms with Gasteiger partial charge in [-0.15, -0.1) is 0 Å². The van der Waals surface area contributed by atoms with Gasteiger partial charge in [-0.05, 0) is 40.1 Å². The Morgan fingerprint density at radius 1 is 1.40 bits per heavy atom. The van der Waals surface area contributed by atoms with Gasteiger partial charge in [0.15, 0.2) is 0 Å². The first kappa shape index (κ1) is 17.9. The van der Waals surface area contributed by atoms with Gasteiger partial charge in [-0.2, -0.15) is 16.4 Å². The van der Waals surface area contributed by atoms with Crippen LogP contribution in [0.25, 0.3) is 0 Å². The Kier molecular flexibility index (Phi) is 6.09. The standard InChI is InChI=1S/C16H19BrN4O3S/c17-14-10-25-9-13(14)8-24-16(23)21-3-1-11(2-4-21)5-18-15(22)12-6-19-20-7-12/h6-7,9-11H,1-5,8H2,(H,18,22)(H,19,20). The van der Waals surface area contributed by atoms with Gasteiger partial charge in [0, 0.05) is 41.2 Å². The van der Waals surface area contributed by atoms with Gasteiger partial charge in [0.1, 0.15) is 6.61 Å². The average molecular weight is 427 g/mol. The maximum atomic E-state index is 12.1. The molecule has 2 amide bonds. The zero-order valence-electron chi connectivity index (χ0n) is 13.5. The van der Waals surface area contributed by atoms with Crippen molar-refractivity contribution in [3.05, 3.63) is 38.8 Å². The maximum absolute atomic E-state index is 12.1. The van der Waals surface area contributed by atoms with Gasteiger partial charge in [0.05, 0.1) is 11.8 Å². The van der Waals surface area contributed by atoms with E-state index in [1.807, 2.05) is 10.8 Å². The summed E-state index contributed by atoms with van der Waals surface area (Å²) in [6, 6.07) is 0. The van der Waals surface area contributed by atoms with E-state index in [1.165, 1.54) is 6.20 Å². The van der Waals surface area contributed by atoms with Crippen molar-refractivity contribution in [1.29, 1.82) is 0 Å². The Labute approximate surface area is 157 Å². The molecule has 1 fully saturated rings. The Hall–Kier alpha value is -1.87. The van der Waals surface area contributed by atoms with Gasteiger partial charge in [-0.1, -0.05) is 0 Å². The minimum atomic E-state index is -0.279. The molecule has 0 spiro atoms. The molecular weight excluding hydrogens is 408 g/mol. The lowest BCUT2D eigenvalue weighted by Gasteiger charge is -2.31. The van der Waals surface area contributed by atoms with Gasteiger partial charge in [-0.3, -0.25) is 9.89 Å². The van der Waals surface area contributed by atoms with Crippen LogP contribution in [0.5, 0.6) is 0 Å². The third-order valence-electron chi connectivity index (χ3n) is 4.22. The first-order chi connectivity index (χ1) is 12.1. The lowest BCUT2D eigenvalue weighted by Crippen LogP contribution is -2.41. The number of carbonyl (C=O) groups is 2. The molecule has 3 rings (SSSR count). The minimum absolute atomic E-state index is 0.128. The molecule has 0 bridgehead atoms. The van der Waals surface area contributed by atoms with Crippen LogP contribution in [0.4, 0.5) is 4.79 Å². The van der Waals surface area contributed by atoms with E-state index >= 15 is 0 Å². The van der Waals surface area contributed by atoms with E-state index < -0.39 is 0 Å². The molecule has 0 aliphatic carbocycles. The van der Waals surface area contributed by atoms with E-state index in [0.29, 0.717) is 31.1 Å². The van der Waals surface area contributed by atoms with E-state index in [-0.39, 0.29) is 18.6 Å². The number of H-pyrrole nitrogens is 1. The molecule has 0 unspecified atom stereocenters. The first-order valence-corrected chi connectivity index (χ1v) is 9.76. The molecule has 2 aromatic rings. The number of hydrogen-bond donors (Lipinski definition) is 2. The minimum Gasteiger partial charge on any atom is -0.444 e. The highest BCUT2D eigenvalue weighted by atomic mass is 79.9. The Morgan fingerprint density at radius 3 is 2.84 bits per heavy atom. The number of likely N-dealkylation sites (tertiary alicyclic amines) is 1. The van der Waals surface area contributed by atoms with Crippen LogP contribution in [0.3, 0.4) is 0 Å². The van der Waals surface area contributed by atoms with Crippen LogP contribution < -0.4 is 5.32 Å². The largest absolute Gasteiger partial charge is 0.444 e. The SMILES string of the molecule is O=C(NCC1CCN(C(=O)OCc2cscc2Br)CC1)c1cn[nH]c1. The van der Waals surface area contributed by atoms with Crippen molar-refractivity contribution in [3.63, 3.8) is 0 Å². The highest BCUT2D eigenvalue weighted by molar-refractivity contribution is 9.10. The van der Waals surface area contributed by atoms with Crippen molar-refractivity contribution < 1.29 is 14.3 Å². The van der Waals surface area contributed by atoms with Crippen LogP contribution in [-0.4, -0.2) is 46.7 Å². The molecule has 134 valence electrons. The summed E-state index contributed by atoms with van der Waals surface area (Å²) in [7, 11) is 0. The van der Waals surface area contributed by atoms with Gasteiger partial charge in [0.25, 0.3) is 5.91 Å². The number of aromatic nitrogens is 2. The maximum Gasteiger partial charge on any atom is 0.410 e. The zero-order valence-corrected chi connectivity index (χ0v) is 15.9. The van der Waals surface area contributed by atoms with Crippen LogP contribution in [0.1, 0.15) is 28.8 Å². The fraction of sp³-hybridized carbons (Fsp3) is 0.438. The first-order valence-electron chi connectivity index (χ1n) is 8.02. The molecule has 2 N–H and O–H groups in total. The highest BCUT2D eigenvalue weighted by Crippen LogP contribution is 2.23. The molecule has 9 heteroatoms. The third-order valence-corrected chi connectivity index (χ3v) is 6.06. The molecule has 25 heavy (non-hydrogen) atoms. The lowest BCUT2D eigenvalue weighted by molar-refractivity contribution is 0.0800. The molecule has 3 heterocycles. The number of nitrogens with one attached hydrogen (secondary N) is 2. The Morgan fingerprint density at radius 2 is 2.20 bits per heavy atom. The molecular formula is C16H19BrN4O3S. The van der Waals surface area contributed by atoms with E-state index in [2.05, 4.69) is 31.4 Å². The molecule has 1 aliphatic rings. The highest BCUT2D eigenvalue weighted by Gasteiger charge is 2.24. The molecule has 1 saturated heterocycles. The van der Waals surface area contributed by atoms with Crippen molar-refractivity contribution in [1.82, 2.24) is 20.4 Å². The number of nitrogens with zero attached hydrogens (tertiary/aromatic N) is 2. The van der Waals surface area contributed by atoms with Crippen molar-refractivity contribution in [2.24, 2.45) is 5.92 Å². The molecule has 7 nitrogen and oxygen atoms in total. The topological polar surface area (TPSA) is 87.3 Å². The van der Waals surface area contributed by atoms with Crippen molar-refractivity contribution in [2.45, 2.75) is 19.4 Å². The molecule has 0 radical (unpaired) electrons. The summed E-state index contributed by atoms with van der Waals surface area (Å²) in [5.41, 5.74) is 1.51. The molecule has 0 atom stereocenters. The molecule has 0 saturated carbocycles. The third kappa shape index (κ3) is 4.82. The number of amides is 2. The van der Waals surface area contributed by atoms with Crippen LogP contribution in [0.15, 0.2) is 27.6 Å². The number of rotatable bonds is 5. The van der Waals surface area contributed by atoms with Crippen LogP contribution in [0.2, 0.25) is 0 Å². The van der Waals surface area contributed by atoms with E-state index in [1.54, 1.807) is 22.4 Å². The second kappa shape index (κ2) is 8.48. The number of hydrogen-bond acceptors (Lipinski definition) is 5. The summed E-state index contributed by atoms with van der Waals surface area (Å²) < 4.78 is 6.34. The van der Waals surface area contributed by atoms with Crippen LogP contribution in [-0.2, 0) is 11.3 Å². The summed E-state index contributed by atoms with van der Waals surface area (Å²) in [4.78, 5) is 25.8. The lowest BCUT2D eigenvalue weighted by atomic mass is 9.97. The van der Waals surface area contributed by atoms with E-state index in [4.69, 9.17) is 4.74 Å². The fourth-order valence-electron chi connectivity index (χ4n) is 2.68. The monoisotopic (exact) mass is 426 g/mol. The number of halogens is 1. The number of carbonyl (C=O) groups excluding carboxylic acids is 2. The van der Waals surface area contributed by atoms with E-state index in [9.17, 15) is 9.59 Å². The number of thiophene rings is 1. The second-order valence-electron chi connectivity index (χ2n) is 5.93.